The van der Waals surface area contributed by atoms with E-state index in [1.165, 1.54) is 0 Å². The predicted octanol–water partition coefficient (Wildman–Crippen LogP) is 2.82. The topological polar surface area (TPSA) is 63.9 Å². The number of nitrogen functional groups attached to an aromatic ring is 1. The van der Waals surface area contributed by atoms with Crippen LogP contribution in [-0.4, -0.2) is 17.1 Å². The van der Waals surface area contributed by atoms with Crippen molar-refractivity contribution in [2.24, 2.45) is 0 Å². The number of hydrogen-bond donors (Lipinski definition) is 2. The molecular weight excluding hydrogens is 226 g/mol. The number of anilines is 1. The van der Waals surface area contributed by atoms with Gasteiger partial charge in [-0.25, -0.2) is 4.98 Å². The van der Waals surface area contributed by atoms with Crippen LogP contribution in [0.1, 0.15) is 0 Å². The van der Waals surface area contributed by atoms with Gasteiger partial charge in [-0.2, -0.15) is 0 Å². The fraction of sp³-hybridized carbons (Fsp3) is 0.0714. The number of nitrogens with two attached hydrogens (primary N) is 1. The monoisotopic (exact) mass is 239 g/mol. The molecule has 3 N–H and O–H groups in total. The van der Waals surface area contributed by atoms with Crippen molar-refractivity contribution in [2.75, 3.05) is 12.8 Å². The first-order chi connectivity index (χ1) is 8.78. The molecule has 0 aliphatic rings. The van der Waals surface area contributed by atoms with E-state index in [4.69, 9.17) is 10.5 Å². The maximum atomic E-state index is 5.98. The van der Waals surface area contributed by atoms with Crippen molar-refractivity contribution in [3.63, 3.8) is 0 Å². The number of imidazole rings is 1. The summed E-state index contributed by atoms with van der Waals surface area (Å²) in [4.78, 5) is 7.79. The first-order valence-electron chi connectivity index (χ1n) is 5.66. The lowest BCUT2D eigenvalue weighted by Gasteiger charge is -2.05. The molecule has 4 nitrogen and oxygen atoms in total. The van der Waals surface area contributed by atoms with Crippen molar-refractivity contribution in [1.82, 2.24) is 9.97 Å². The van der Waals surface area contributed by atoms with Gasteiger partial charge in [0.2, 0.25) is 0 Å². The zero-order valence-corrected chi connectivity index (χ0v) is 9.97. The molecule has 0 aliphatic carbocycles. The summed E-state index contributed by atoms with van der Waals surface area (Å²) in [5.41, 5.74) is 9.43. The van der Waals surface area contributed by atoms with E-state index in [0.29, 0.717) is 5.69 Å². The Morgan fingerprint density at radius 2 is 2.00 bits per heavy atom. The zero-order chi connectivity index (χ0) is 12.5. The van der Waals surface area contributed by atoms with E-state index >= 15 is 0 Å². The van der Waals surface area contributed by atoms with E-state index in [1.54, 1.807) is 7.11 Å². The van der Waals surface area contributed by atoms with Crippen LogP contribution in [0.25, 0.3) is 22.4 Å². The Morgan fingerprint density at radius 1 is 1.17 bits per heavy atom. The van der Waals surface area contributed by atoms with Crippen molar-refractivity contribution in [1.29, 1.82) is 0 Å². The molecule has 0 saturated carbocycles. The highest BCUT2D eigenvalue weighted by molar-refractivity contribution is 5.82. The van der Waals surface area contributed by atoms with Crippen LogP contribution < -0.4 is 10.5 Å². The average molecular weight is 239 g/mol. The Bertz CT molecular complexity index is 670. The van der Waals surface area contributed by atoms with E-state index < -0.39 is 0 Å². The van der Waals surface area contributed by atoms with E-state index in [9.17, 15) is 0 Å². The quantitative estimate of drug-likeness (QED) is 0.676. The standard InChI is InChI=1S/C14H13N3O/c1-18-9-6-7-11(15)10(8-9)14-16-12-4-2-3-5-13(12)17-14/h2-8H,15H2,1H3,(H,16,17). The van der Waals surface area contributed by atoms with Gasteiger partial charge in [0, 0.05) is 11.3 Å². The number of rotatable bonds is 2. The number of benzene rings is 2. The van der Waals surface area contributed by atoms with Gasteiger partial charge < -0.3 is 15.5 Å². The van der Waals surface area contributed by atoms with Gasteiger partial charge in [0.15, 0.2) is 0 Å². The fourth-order valence-electron chi connectivity index (χ4n) is 1.95. The number of aromatic amines is 1. The summed E-state index contributed by atoms with van der Waals surface area (Å²) in [6, 6.07) is 13.4. The van der Waals surface area contributed by atoms with Crippen LogP contribution in [0.2, 0.25) is 0 Å². The lowest BCUT2D eigenvalue weighted by Crippen LogP contribution is -1.92. The van der Waals surface area contributed by atoms with Gasteiger partial charge in [0.1, 0.15) is 11.6 Å². The molecule has 4 heteroatoms. The fourth-order valence-corrected chi connectivity index (χ4v) is 1.95. The highest BCUT2D eigenvalue weighted by atomic mass is 16.5. The predicted molar refractivity (Wildman–Crippen MR) is 72.5 cm³/mol. The molecule has 0 saturated heterocycles. The Balaban J connectivity index is 2.19. The molecule has 1 heterocycles. The largest absolute Gasteiger partial charge is 0.497 e. The Hall–Kier alpha value is -2.49. The highest BCUT2D eigenvalue weighted by Gasteiger charge is 2.09. The van der Waals surface area contributed by atoms with Crippen LogP contribution in [-0.2, 0) is 0 Å². The maximum Gasteiger partial charge on any atom is 0.140 e. The first kappa shape index (κ1) is 10.7. The van der Waals surface area contributed by atoms with Gasteiger partial charge in [0.25, 0.3) is 0 Å². The van der Waals surface area contributed by atoms with Gasteiger partial charge in [-0.3, -0.25) is 0 Å². The number of H-pyrrole nitrogens is 1. The summed E-state index contributed by atoms with van der Waals surface area (Å²) < 4.78 is 5.21. The van der Waals surface area contributed by atoms with Crippen molar-refractivity contribution in [2.45, 2.75) is 0 Å². The van der Waals surface area contributed by atoms with Crippen molar-refractivity contribution in [3.8, 4) is 17.1 Å². The molecule has 0 aliphatic heterocycles. The minimum absolute atomic E-state index is 0.676. The van der Waals surface area contributed by atoms with E-state index in [0.717, 1.165) is 28.2 Å². The number of nitrogens with zero attached hydrogens (tertiary/aromatic N) is 1. The summed E-state index contributed by atoms with van der Waals surface area (Å²) in [7, 11) is 1.63. The van der Waals surface area contributed by atoms with Gasteiger partial charge in [-0.1, -0.05) is 12.1 Å². The number of aromatic nitrogens is 2. The van der Waals surface area contributed by atoms with Crippen LogP contribution in [0.5, 0.6) is 5.75 Å². The van der Waals surface area contributed by atoms with Gasteiger partial charge in [0.05, 0.1) is 18.1 Å². The summed E-state index contributed by atoms with van der Waals surface area (Å²) >= 11 is 0. The van der Waals surface area contributed by atoms with Crippen LogP contribution in [0.15, 0.2) is 42.5 Å². The highest BCUT2D eigenvalue weighted by Crippen LogP contribution is 2.29. The molecule has 0 bridgehead atoms. The molecule has 0 spiro atoms. The average Bonchev–Trinajstić information content (AvgIpc) is 2.82. The van der Waals surface area contributed by atoms with Gasteiger partial charge in [-0.15, -0.1) is 0 Å². The summed E-state index contributed by atoms with van der Waals surface area (Å²) in [6.45, 7) is 0. The normalized spacial score (nSPS) is 10.7. The van der Waals surface area contributed by atoms with Crippen LogP contribution in [0.3, 0.4) is 0 Å². The molecule has 2 aromatic carbocycles. The third-order valence-corrected chi connectivity index (χ3v) is 2.90. The third kappa shape index (κ3) is 1.68. The van der Waals surface area contributed by atoms with Crippen molar-refractivity contribution < 1.29 is 4.74 Å². The summed E-state index contributed by atoms with van der Waals surface area (Å²) in [5.74, 6) is 1.52. The van der Waals surface area contributed by atoms with Crippen molar-refractivity contribution >= 4 is 16.7 Å². The molecule has 3 rings (SSSR count). The molecule has 0 atom stereocenters. The smallest absolute Gasteiger partial charge is 0.140 e. The lowest BCUT2D eigenvalue weighted by molar-refractivity contribution is 0.415. The van der Waals surface area contributed by atoms with Crippen LogP contribution >= 0.6 is 0 Å². The second kappa shape index (κ2) is 4.07. The number of ether oxygens (including phenoxy) is 1. The van der Waals surface area contributed by atoms with E-state index in [1.807, 2.05) is 42.5 Å². The number of fused-ring (bicyclic) bond motifs is 1. The Kier molecular flexibility index (Phi) is 2.41. The molecule has 18 heavy (non-hydrogen) atoms. The molecule has 0 fully saturated rings. The summed E-state index contributed by atoms with van der Waals surface area (Å²) in [5, 5.41) is 0. The van der Waals surface area contributed by atoms with E-state index in [-0.39, 0.29) is 0 Å². The number of hydrogen-bond acceptors (Lipinski definition) is 3. The second-order valence-corrected chi connectivity index (χ2v) is 4.06. The van der Waals surface area contributed by atoms with Crippen LogP contribution in [0.4, 0.5) is 5.69 Å². The molecule has 3 aromatic rings. The van der Waals surface area contributed by atoms with Crippen molar-refractivity contribution in [3.05, 3.63) is 42.5 Å². The maximum absolute atomic E-state index is 5.98. The van der Waals surface area contributed by atoms with Crippen LogP contribution in [0, 0.1) is 0 Å². The lowest BCUT2D eigenvalue weighted by atomic mass is 10.1. The Morgan fingerprint density at radius 3 is 2.78 bits per heavy atom. The number of para-hydroxylation sites is 2. The van der Waals surface area contributed by atoms with Gasteiger partial charge >= 0.3 is 0 Å². The number of nitrogens with one attached hydrogen (secondary N) is 1. The zero-order valence-electron chi connectivity index (χ0n) is 9.97. The molecule has 90 valence electrons. The van der Waals surface area contributed by atoms with E-state index in [2.05, 4.69) is 9.97 Å². The minimum atomic E-state index is 0.676. The molecule has 0 unspecified atom stereocenters. The molecule has 1 aromatic heterocycles. The molecule has 0 amide bonds. The second-order valence-electron chi connectivity index (χ2n) is 4.06. The van der Waals surface area contributed by atoms with Gasteiger partial charge in [-0.05, 0) is 30.3 Å². The summed E-state index contributed by atoms with van der Waals surface area (Å²) in [6.07, 6.45) is 0. The molecule has 0 radical (unpaired) electrons. The first-order valence-corrected chi connectivity index (χ1v) is 5.66. The SMILES string of the molecule is COc1ccc(N)c(-c2nc3ccccc3[nH]2)c1. The molecular formula is C14H13N3O. The number of methoxy groups -OCH3 is 1. The third-order valence-electron chi connectivity index (χ3n) is 2.90. The minimum Gasteiger partial charge on any atom is -0.497 e. The Labute approximate surface area is 104 Å².